The number of thiocarbonyl (C=S) groups is 1. The molecule has 0 spiro atoms. The lowest BCUT2D eigenvalue weighted by atomic mass is 9.99. The van der Waals surface area contributed by atoms with Crippen LogP contribution in [0.3, 0.4) is 0 Å². The standard InChI is InChI=1S/C30H35FN8O3S/c1-37-17-23(18-37)39-12-10-22(11-13-39)38(2)30(41)35-26-16-28(33-19-32-26)42-25-9-8-21(15-24(25)31)34-29(43)36-27(40)14-20-6-4-3-5-7-20/h3-9,15-16,19,22-23H,10-14,17-18H2,1-2H3,(H,32,33,35,41)(H2,34,36,40,43). The zero-order valence-electron chi connectivity index (χ0n) is 24.1. The summed E-state index contributed by atoms with van der Waals surface area (Å²) in [5, 5.41) is 8.21. The van der Waals surface area contributed by atoms with Gasteiger partial charge >= 0.3 is 6.03 Å². The Hall–Kier alpha value is -4.20. The number of carbonyl (C=O) groups excluding carboxylic acids is 2. The number of likely N-dealkylation sites (N-methyl/N-ethyl adjacent to an activating group) is 1. The molecule has 3 heterocycles. The maximum Gasteiger partial charge on any atom is 0.323 e. The Morgan fingerprint density at radius 1 is 1.07 bits per heavy atom. The molecule has 11 nitrogen and oxygen atoms in total. The van der Waals surface area contributed by atoms with Crippen LogP contribution in [0.4, 0.5) is 20.7 Å². The molecule has 2 aliphatic rings. The highest BCUT2D eigenvalue weighted by atomic mass is 32.1. The number of urea groups is 1. The maximum atomic E-state index is 14.9. The summed E-state index contributed by atoms with van der Waals surface area (Å²) in [6.45, 7) is 4.16. The third-order valence-corrected chi connectivity index (χ3v) is 7.87. The third kappa shape index (κ3) is 8.21. The molecule has 0 unspecified atom stereocenters. The van der Waals surface area contributed by atoms with Crippen LogP contribution in [-0.4, -0.2) is 94.1 Å². The van der Waals surface area contributed by atoms with Crippen molar-refractivity contribution < 1.29 is 18.7 Å². The molecule has 226 valence electrons. The van der Waals surface area contributed by atoms with Gasteiger partial charge in [0.25, 0.3) is 0 Å². The van der Waals surface area contributed by atoms with Crippen LogP contribution in [0.1, 0.15) is 18.4 Å². The Bertz CT molecular complexity index is 1450. The van der Waals surface area contributed by atoms with E-state index in [2.05, 4.69) is 42.8 Å². The van der Waals surface area contributed by atoms with Crippen molar-refractivity contribution in [3.05, 3.63) is 72.3 Å². The summed E-state index contributed by atoms with van der Waals surface area (Å²) >= 11 is 5.19. The van der Waals surface area contributed by atoms with Gasteiger partial charge in [0.1, 0.15) is 12.1 Å². The normalized spacial score (nSPS) is 16.2. The minimum Gasteiger partial charge on any atom is -0.436 e. The highest BCUT2D eigenvalue weighted by molar-refractivity contribution is 7.80. The molecule has 0 atom stereocenters. The van der Waals surface area contributed by atoms with Gasteiger partial charge in [-0.1, -0.05) is 30.3 Å². The monoisotopic (exact) mass is 606 g/mol. The van der Waals surface area contributed by atoms with E-state index in [-0.39, 0.29) is 47.0 Å². The molecule has 0 saturated carbocycles. The summed E-state index contributed by atoms with van der Waals surface area (Å²) in [7, 11) is 3.92. The van der Waals surface area contributed by atoms with Gasteiger partial charge in [0.2, 0.25) is 11.8 Å². The lowest BCUT2D eigenvalue weighted by molar-refractivity contribution is -0.119. The van der Waals surface area contributed by atoms with Gasteiger partial charge < -0.3 is 25.2 Å². The fourth-order valence-corrected chi connectivity index (χ4v) is 5.48. The Morgan fingerprint density at radius 3 is 2.51 bits per heavy atom. The van der Waals surface area contributed by atoms with Crippen molar-refractivity contribution in [2.45, 2.75) is 31.3 Å². The fraction of sp³-hybridized carbons (Fsp3) is 0.367. The maximum absolute atomic E-state index is 14.9. The van der Waals surface area contributed by atoms with Gasteiger partial charge in [-0.15, -0.1) is 0 Å². The predicted octanol–water partition coefficient (Wildman–Crippen LogP) is 3.71. The van der Waals surface area contributed by atoms with Crippen molar-refractivity contribution in [3.63, 3.8) is 0 Å². The lowest BCUT2D eigenvalue weighted by Gasteiger charge is -2.47. The molecule has 0 bridgehead atoms. The molecule has 3 aromatic rings. The van der Waals surface area contributed by atoms with Gasteiger partial charge in [-0.2, -0.15) is 0 Å². The first-order valence-corrected chi connectivity index (χ1v) is 14.5. The van der Waals surface area contributed by atoms with E-state index in [9.17, 15) is 14.0 Å². The van der Waals surface area contributed by atoms with E-state index in [0.717, 1.165) is 44.6 Å². The van der Waals surface area contributed by atoms with Crippen molar-refractivity contribution in [2.75, 3.05) is 50.9 Å². The van der Waals surface area contributed by atoms with Crippen LogP contribution in [0.25, 0.3) is 0 Å². The summed E-state index contributed by atoms with van der Waals surface area (Å²) in [4.78, 5) is 39.9. The summed E-state index contributed by atoms with van der Waals surface area (Å²) in [6, 6.07) is 15.3. The van der Waals surface area contributed by atoms with Crippen molar-refractivity contribution >= 4 is 40.8 Å². The summed E-state index contributed by atoms with van der Waals surface area (Å²) in [5.41, 5.74) is 1.18. The van der Waals surface area contributed by atoms with Crippen LogP contribution in [0, 0.1) is 5.82 Å². The smallest absolute Gasteiger partial charge is 0.323 e. The summed E-state index contributed by atoms with van der Waals surface area (Å²) in [5.74, 6) is -0.735. The number of benzene rings is 2. The van der Waals surface area contributed by atoms with Crippen LogP contribution in [0.15, 0.2) is 60.9 Å². The fourth-order valence-electron chi connectivity index (χ4n) is 5.25. The van der Waals surface area contributed by atoms with Gasteiger partial charge in [-0.3, -0.25) is 15.0 Å². The van der Waals surface area contributed by atoms with Crippen molar-refractivity contribution in [1.29, 1.82) is 0 Å². The molecule has 1 aromatic heterocycles. The molecule has 3 N–H and O–H groups in total. The summed E-state index contributed by atoms with van der Waals surface area (Å²) in [6.07, 6.45) is 3.23. The Kier molecular flexibility index (Phi) is 9.75. The first-order valence-electron chi connectivity index (χ1n) is 14.1. The van der Waals surface area contributed by atoms with Crippen molar-refractivity contribution in [2.24, 2.45) is 0 Å². The number of rotatable bonds is 8. The number of carbonyl (C=O) groups is 2. The van der Waals surface area contributed by atoms with Gasteiger partial charge in [-0.05, 0) is 49.8 Å². The molecule has 2 saturated heterocycles. The van der Waals surface area contributed by atoms with Gasteiger partial charge in [0.05, 0.1) is 6.42 Å². The number of ether oxygens (including phenoxy) is 1. The topological polar surface area (TPSA) is 115 Å². The molecular formula is C30H35FN8O3S. The van der Waals surface area contributed by atoms with E-state index in [4.69, 9.17) is 17.0 Å². The number of amides is 3. The van der Waals surface area contributed by atoms with E-state index in [1.807, 2.05) is 30.3 Å². The molecule has 0 aliphatic carbocycles. The molecule has 3 amide bonds. The minimum atomic E-state index is -0.674. The van der Waals surface area contributed by atoms with Crippen molar-refractivity contribution in [1.82, 2.24) is 30.0 Å². The van der Waals surface area contributed by atoms with E-state index in [1.165, 1.54) is 24.5 Å². The highest BCUT2D eigenvalue weighted by Crippen LogP contribution is 2.27. The van der Waals surface area contributed by atoms with Gasteiger partial charge in [0.15, 0.2) is 16.7 Å². The second-order valence-electron chi connectivity index (χ2n) is 10.8. The molecule has 2 aliphatic heterocycles. The Morgan fingerprint density at radius 2 is 1.81 bits per heavy atom. The highest BCUT2D eigenvalue weighted by Gasteiger charge is 2.33. The first kappa shape index (κ1) is 30.3. The molecule has 2 aromatic carbocycles. The number of nitrogens with one attached hydrogen (secondary N) is 3. The van der Waals surface area contributed by atoms with Gasteiger partial charge in [-0.25, -0.2) is 19.2 Å². The third-order valence-electron chi connectivity index (χ3n) is 7.67. The zero-order valence-corrected chi connectivity index (χ0v) is 24.9. The van der Waals surface area contributed by atoms with E-state index < -0.39 is 5.82 Å². The van der Waals surface area contributed by atoms with Crippen LogP contribution < -0.4 is 20.7 Å². The average Bonchev–Trinajstić information content (AvgIpc) is 2.97. The zero-order chi connectivity index (χ0) is 30.3. The average molecular weight is 607 g/mol. The van der Waals surface area contributed by atoms with Crippen LogP contribution in [0.5, 0.6) is 11.6 Å². The summed E-state index contributed by atoms with van der Waals surface area (Å²) < 4.78 is 20.5. The Balaban J connectivity index is 1.10. The molecule has 5 rings (SSSR count). The minimum absolute atomic E-state index is 0.0481. The Labute approximate surface area is 255 Å². The number of piperidine rings is 1. The van der Waals surface area contributed by atoms with Gasteiger partial charge in [0, 0.05) is 63.1 Å². The number of nitrogens with zero attached hydrogens (tertiary/aromatic N) is 5. The molecule has 2 fully saturated rings. The molecule has 43 heavy (non-hydrogen) atoms. The number of hydrogen-bond donors (Lipinski definition) is 3. The van der Waals surface area contributed by atoms with E-state index in [0.29, 0.717) is 11.7 Å². The molecule has 0 radical (unpaired) electrons. The number of halogens is 1. The number of aromatic nitrogens is 2. The second-order valence-corrected chi connectivity index (χ2v) is 11.2. The SMILES string of the molecule is CN1CC(N2CCC(N(C)C(=O)Nc3cc(Oc4ccc(NC(=S)NC(=O)Cc5ccccc5)cc4F)ncn3)CC2)C1. The molecular weight excluding hydrogens is 571 g/mol. The first-order chi connectivity index (χ1) is 20.7. The second kappa shape index (κ2) is 13.8. The number of anilines is 2. The van der Waals surface area contributed by atoms with Crippen LogP contribution in [0.2, 0.25) is 0 Å². The molecule has 13 heteroatoms. The van der Waals surface area contributed by atoms with Crippen LogP contribution in [-0.2, 0) is 11.2 Å². The lowest BCUT2D eigenvalue weighted by Crippen LogP contribution is -2.60. The van der Waals surface area contributed by atoms with Crippen molar-refractivity contribution in [3.8, 4) is 11.6 Å². The van der Waals surface area contributed by atoms with Crippen LogP contribution >= 0.6 is 12.2 Å². The van der Waals surface area contributed by atoms with E-state index >= 15 is 0 Å². The quantitative estimate of drug-likeness (QED) is 0.330. The predicted molar refractivity (Wildman–Crippen MR) is 166 cm³/mol. The van der Waals surface area contributed by atoms with E-state index in [1.54, 1.807) is 18.0 Å². The number of hydrogen-bond acceptors (Lipinski definition) is 8. The largest absolute Gasteiger partial charge is 0.436 e. The number of likely N-dealkylation sites (tertiary alicyclic amines) is 2.